The largest absolute Gasteiger partial charge is 0.507 e. The minimum absolute atomic E-state index is 0.136. The second-order valence-corrected chi connectivity index (χ2v) is 7.27. The molecule has 150 valence electrons. The molecule has 1 unspecified atom stereocenters. The van der Waals surface area contributed by atoms with Gasteiger partial charge in [-0.3, -0.25) is 14.7 Å². The van der Waals surface area contributed by atoms with Gasteiger partial charge >= 0.3 is 0 Å². The lowest BCUT2D eigenvalue weighted by atomic mass is 10.0. The Bertz CT molecular complexity index is 1090. The van der Waals surface area contributed by atoms with Gasteiger partial charge in [-0.2, -0.15) is 5.10 Å². The van der Waals surface area contributed by atoms with Gasteiger partial charge in [0, 0.05) is 30.2 Å². The second-order valence-electron chi connectivity index (χ2n) is 7.27. The third-order valence-electron chi connectivity index (χ3n) is 5.34. The zero-order valence-corrected chi connectivity index (χ0v) is 16.5. The molecule has 29 heavy (non-hydrogen) atoms. The Balaban J connectivity index is 1.76. The minimum atomic E-state index is -0.715. The number of fused-ring (bicyclic) bond motifs is 2. The Morgan fingerprint density at radius 3 is 2.83 bits per heavy atom. The molecule has 3 N–H and O–H groups in total. The smallest absolute Gasteiger partial charge is 0.258 e. The molecule has 2 amide bonds. The molecule has 0 saturated heterocycles. The highest BCUT2D eigenvalue weighted by atomic mass is 16.3. The van der Waals surface area contributed by atoms with Gasteiger partial charge in [-0.15, -0.1) is 0 Å². The molecule has 3 aromatic rings. The molecule has 0 radical (unpaired) electrons. The molecule has 4 rings (SSSR count). The molecular formula is C22H24N4O3. The molecule has 1 aliphatic heterocycles. The van der Waals surface area contributed by atoms with Crippen LogP contribution >= 0.6 is 0 Å². The van der Waals surface area contributed by atoms with Gasteiger partial charge in [0.2, 0.25) is 5.91 Å². The Hall–Kier alpha value is -3.35. The van der Waals surface area contributed by atoms with Crippen LogP contribution in [0, 0.1) is 0 Å². The average molecular weight is 392 g/mol. The van der Waals surface area contributed by atoms with Gasteiger partial charge < -0.3 is 15.3 Å². The second kappa shape index (κ2) is 7.58. The fourth-order valence-electron chi connectivity index (χ4n) is 4.00. The molecule has 0 aliphatic carbocycles. The maximum absolute atomic E-state index is 13.4. The van der Waals surface area contributed by atoms with Crippen LogP contribution < -0.4 is 5.32 Å². The summed E-state index contributed by atoms with van der Waals surface area (Å²) in [5, 5.41) is 21.4. The number of aryl methyl sites for hydroxylation is 1. The summed E-state index contributed by atoms with van der Waals surface area (Å²) in [6, 6.07) is 10.0. The molecule has 7 heteroatoms. The van der Waals surface area contributed by atoms with Crippen molar-refractivity contribution < 1.29 is 14.7 Å². The van der Waals surface area contributed by atoms with E-state index in [1.807, 2.05) is 31.2 Å². The van der Waals surface area contributed by atoms with Crippen LogP contribution in [0.3, 0.4) is 0 Å². The van der Waals surface area contributed by atoms with E-state index in [0.29, 0.717) is 18.6 Å². The Labute approximate surface area is 168 Å². The summed E-state index contributed by atoms with van der Waals surface area (Å²) in [5.41, 5.74) is 3.49. The highest BCUT2D eigenvalue weighted by molar-refractivity contribution is 6.03. The number of carbonyl (C=O) groups excluding carboxylic acids is 2. The summed E-state index contributed by atoms with van der Waals surface area (Å²) < 4.78 is 0. The van der Waals surface area contributed by atoms with Crippen molar-refractivity contribution in [2.75, 3.05) is 6.54 Å². The first-order valence-corrected chi connectivity index (χ1v) is 9.91. The van der Waals surface area contributed by atoms with Crippen LogP contribution in [0.5, 0.6) is 5.75 Å². The van der Waals surface area contributed by atoms with E-state index in [2.05, 4.69) is 22.4 Å². The molecule has 1 aromatic heterocycles. The summed E-state index contributed by atoms with van der Waals surface area (Å²) in [6.07, 6.45) is 1.73. The number of rotatable bonds is 5. The van der Waals surface area contributed by atoms with E-state index in [0.717, 1.165) is 35.0 Å². The number of aromatic hydroxyl groups is 1. The lowest BCUT2D eigenvalue weighted by molar-refractivity contribution is -0.125. The van der Waals surface area contributed by atoms with Crippen molar-refractivity contribution in [3.63, 3.8) is 0 Å². The summed E-state index contributed by atoms with van der Waals surface area (Å²) in [6.45, 7) is 4.71. The van der Waals surface area contributed by atoms with Crippen molar-refractivity contribution in [1.82, 2.24) is 20.4 Å². The summed E-state index contributed by atoms with van der Waals surface area (Å²) in [4.78, 5) is 27.7. The predicted octanol–water partition coefficient (Wildman–Crippen LogP) is 3.05. The third kappa shape index (κ3) is 3.22. The molecule has 2 heterocycles. The maximum Gasteiger partial charge on any atom is 0.258 e. The van der Waals surface area contributed by atoms with Crippen molar-refractivity contribution in [3.8, 4) is 5.75 Å². The van der Waals surface area contributed by atoms with Gasteiger partial charge in [-0.25, -0.2) is 0 Å². The molecule has 1 atom stereocenters. The number of nitrogens with one attached hydrogen (secondary N) is 2. The van der Waals surface area contributed by atoms with Gasteiger partial charge in [-0.1, -0.05) is 37.6 Å². The van der Waals surface area contributed by atoms with Crippen LogP contribution in [0.15, 0.2) is 36.4 Å². The van der Waals surface area contributed by atoms with Gasteiger partial charge in [0.15, 0.2) is 0 Å². The van der Waals surface area contributed by atoms with E-state index in [1.54, 1.807) is 6.07 Å². The number of aromatic amines is 1. The van der Waals surface area contributed by atoms with Crippen molar-refractivity contribution in [1.29, 1.82) is 0 Å². The molecule has 1 aliphatic rings. The van der Waals surface area contributed by atoms with Crippen LogP contribution in [-0.2, 0) is 17.8 Å². The minimum Gasteiger partial charge on any atom is -0.507 e. The number of likely N-dealkylation sites (N-methyl/N-ethyl adjacent to an activating group) is 1. The number of nitrogens with zero attached hydrogens (tertiary/aromatic N) is 2. The third-order valence-corrected chi connectivity index (χ3v) is 5.34. The van der Waals surface area contributed by atoms with Crippen LogP contribution in [-0.4, -0.2) is 38.6 Å². The number of hydrogen-bond donors (Lipinski definition) is 3. The summed E-state index contributed by atoms with van der Waals surface area (Å²) in [7, 11) is 0. The molecule has 0 spiro atoms. The van der Waals surface area contributed by atoms with E-state index in [9.17, 15) is 14.7 Å². The number of carbonyl (C=O) groups is 2. The average Bonchev–Trinajstić information content (AvgIpc) is 3.28. The first-order chi connectivity index (χ1) is 14.0. The van der Waals surface area contributed by atoms with E-state index in [-0.39, 0.29) is 23.1 Å². The molecule has 2 aromatic carbocycles. The fraction of sp³-hybridized carbons (Fsp3) is 0.318. The quantitative estimate of drug-likeness (QED) is 0.621. The van der Waals surface area contributed by atoms with E-state index >= 15 is 0 Å². The SMILES string of the molecule is CCCc1[nH]nc2cc(O)c(C(=O)N3Cc4ccccc4C3C(=O)NCC)cc12. The van der Waals surface area contributed by atoms with Crippen molar-refractivity contribution >= 4 is 22.7 Å². The van der Waals surface area contributed by atoms with Gasteiger partial charge in [-0.05, 0) is 30.5 Å². The molecular weight excluding hydrogens is 368 g/mol. The van der Waals surface area contributed by atoms with Crippen molar-refractivity contribution in [3.05, 3.63) is 58.8 Å². The zero-order valence-electron chi connectivity index (χ0n) is 16.5. The van der Waals surface area contributed by atoms with Crippen LogP contribution in [0.4, 0.5) is 0 Å². The van der Waals surface area contributed by atoms with Crippen LogP contribution in [0.2, 0.25) is 0 Å². The van der Waals surface area contributed by atoms with E-state index in [4.69, 9.17) is 0 Å². The van der Waals surface area contributed by atoms with E-state index in [1.165, 1.54) is 11.0 Å². The lowest BCUT2D eigenvalue weighted by Crippen LogP contribution is -2.39. The van der Waals surface area contributed by atoms with Crippen LogP contribution in [0.25, 0.3) is 10.9 Å². The highest BCUT2D eigenvalue weighted by Crippen LogP contribution is 2.37. The summed E-state index contributed by atoms with van der Waals surface area (Å²) >= 11 is 0. The lowest BCUT2D eigenvalue weighted by Gasteiger charge is -2.25. The maximum atomic E-state index is 13.4. The first kappa shape index (κ1) is 19.0. The van der Waals surface area contributed by atoms with Gasteiger partial charge in [0.25, 0.3) is 5.91 Å². The normalized spacial score (nSPS) is 15.5. The number of H-pyrrole nitrogens is 1. The van der Waals surface area contributed by atoms with Crippen molar-refractivity contribution in [2.24, 2.45) is 0 Å². The van der Waals surface area contributed by atoms with Crippen molar-refractivity contribution in [2.45, 2.75) is 39.3 Å². The number of benzene rings is 2. The number of amides is 2. The Morgan fingerprint density at radius 2 is 2.07 bits per heavy atom. The van der Waals surface area contributed by atoms with Gasteiger partial charge in [0.1, 0.15) is 11.8 Å². The molecule has 7 nitrogen and oxygen atoms in total. The Morgan fingerprint density at radius 1 is 1.28 bits per heavy atom. The number of phenols is 1. The Kier molecular flexibility index (Phi) is 4.96. The van der Waals surface area contributed by atoms with Gasteiger partial charge in [0.05, 0.1) is 11.1 Å². The molecule has 0 bridgehead atoms. The van der Waals surface area contributed by atoms with Crippen LogP contribution in [0.1, 0.15) is 53.5 Å². The predicted molar refractivity (Wildman–Crippen MR) is 109 cm³/mol. The summed E-state index contributed by atoms with van der Waals surface area (Å²) in [5.74, 6) is -0.732. The number of aromatic nitrogens is 2. The molecule has 0 fully saturated rings. The standard InChI is InChI=1S/C22H24N4O3/c1-3-7-17-15-10-16(19(27)11-18(15)25-24-17)22(29)26-12-13-8-5-6-9-14(13)20(26)21(28)23-4-2/h5-6,8-11,20,27H,3-4,7,12H2,1-2H3,(H,23,28)(H,24,25). The molecule has 0 saturated carbocycles. The monoisotopic (exact) mass is 392 g/mol. The highest BCUT2D eigenvalue weighted by Gasteiger charge is 2.39. The fourth-order valence-corrected chi connectivity index (χ4v) is 4.00. The first-order valence-electron chi connectivity index (χ1n) is 9.91. The number of phenolic OH excluding ortho intramolecular Hbond substituents is 1. The van der Waals surface area contributed by atoms with E-state index < -0.39 is 6.04 Å². The number of hydrogen-bond acceptors (Lipinski definition) is 4. The zero-order chi connectivity index (χ0) is 20.5. The topological polar surface area (TPSA) is 98.3 Å².